The molecular weight excluding hydrogens is 278 g/mol. The van der Waals surface area contributed by atoms with Gasteiger partial charge in [0.1, 0.15) is 0 Å². The Hall–Kier alpha value is -1.84. The molecule has 1 fully saturated rings. The largest absolute Gasteiger partial charge is 0.481 e. The van der Waals surface area contributed by atoms with E-state index in [2.05, 4.69) is 19.1 Å². The van der Waals surface area contributed by atoms with Crippen LogP contribution in [0.25, 0.3) is 0 Å². The maximum Gasteiger partial charge on any atom is 0.306 e. The van der Waals surface area contributed by atoms with Gasteiger partial charge in [0.2, 0.25) is 5.91 Å². The first-order valence-corrected chi connectivity index (χ1v) is 8.18. The van der Waals surface area contributed by atoms with Crippen LogP contribution >= 0.6 is 0 Å². The molecule has 1 saturated heterocycles. The van der Waals surface area contributed by atoms with Crippen molar-refractivity contribution in [2.45, 2.75) is 45.4 Å². The molecule has 1 aromatic carbocycles. The topological polar surface area (TPSA) is 57.6 Å². The van der Waals surface area contributed by atoms with E-state index in [9.17, 15) is 9.59 Å². The van der Waals surface area contributed by atoms with Gasteiger partial charge in [-0.1, -0.05) is 37.6 Å². The molecule has 1 aliphatic heterocycles. The van der Waals surface area contributed by atoms with Gasteiger partial charge >= 0.3 is 5.97 Å². The van der Waals surface area contributed by atoms with Gasteiger partial charge in [0, 0.05) is 13.1 Å². The number of unbranched alkanes of at least 4 members (excludes halogenated alkanes) is 1. The van der Waals surface area contributed by atoms with Crippen LogP contribution < -0.4 is 0 Å². The number of carboxylic acids is 1. The van der Waals surface area contributed by atoms with E-state index in [1.165, 1.54) is 18.4 Å². The number of hydrogen-bond acceptors (Lipinski definition) is 2. The summed E-state index contributed by atoms with van der Waals surface area (Å²) in [6.07, 6.45) is 5.01. The molecule has 1 aliphatic rings. The lowest BCUT2D eigenvalue weighted by Gasteiger charge is -2.30. The lowest BCUT2D eigenvalue weighted by molar-refractivity contribution is -0.145. The molecule has 2 rings (SSSR count). The van der Waals surface area contributed by atoms with Crippen LogP contribution in [0.3, 0.4) is 0 Å². The minimum atomic E-state index is -0.741. The first-order chi connectivity index (χ1) is 10.6. The number of aliphatic carboxylic acids is 1. The summed E-state index contributed by atoms with van der Waals surface area (Å²) < 4.78 is 0. The van der Waals surface area contributed by atoms with Crippen LogP contribution in [0.15, 0.2) is 24.3 Å². The number of nitrogens with zero attached hydrogens (tertiary/aromatic N) is 1. The molecule has 120 valence electrons. The van der Waals surface area contributed by atoms with Crippen molar-refractivity contribution in [3.63, 3.8) is 0 Å². The molecule has 0 saturated carbocycles. The molecule has 22 heavy (non-hydrogen) atoms. The van der Waals surface area contributed by atoms with Gasteiger partial charge in [0.25, 0.3) is 0 Å². The van der Waals surface area contributed by atoms with Crippen LogP contribution in [-0.4, -0.2) is 35.0 Å². The maximum absolute atomic E-state index is 12.3. The molecule has 1 aromatic rings. The van der Waals surface area contributed by atoms with E-state index in [1.807, 2.05) is 12.1 Å². The summed E-state index contributed by atoms with van der Waals surface area (Å²) >= 11 is 0. The van der Waals surface area contributed by atoms with E-state index < -0.39 is 5.97 Å². The van der Waals surface area contributed by atoms with Gasteiger partial charge in [-0.2, -0.15) is 0 Å². The Morgan fingerprint density at radius 1 is 1.14 bits per heavy atom. The van der Waals surface area contributed by atoms with Gasteiger partial charge in [0.05, 0.1) is 12.3 Å². The average molecular weight is 303 g/mol. The molecule has 0 unspecified atom stereocenters. The molecule has 4 nitrogen and oxygen atoms in total. The van der Waals surface area contributed by atoms with Crippen LogP contribution in [-0.2, 0) is 22.4 Å². The van der Waals surface area contributed by atoms with E-state index >= 15 is 0 Å². The molecule has 0 bridgehead atoms. The summed E-state index contributed by atoms with van der Waals surface area (Å²) in [5.74, 6) is -0.929. The van der Waals surface area contributed by atoms with Crippen LogP contribution in [0, 0.1) is 5.92 Å². The summed E-state index contributed by atoms with van der Waals surface area (Å²) in [5, 5.41) is 8.98. The summed E-state index contributed by atoms with van der Waals surface area (Å²) in [5.41, 5.74) is 2.35. The zero-order valence-corrected chi connectivity index (χ0v) is 13.3. The average Bonchev–Trinajstić information content (AvgIpc) is 2.54. The van der Waals surface area contributed by atoms with Gasteiger partial charge in [-0.15, -0.1) is 0 Å². The third kappa shape index (κ3) is 4.58. The van der Waals surface area contributed by atoms with Crippen molar-refractivity contribution in [1.82, 2.24) is 4.90 Å². The summed E-state index contributed by atoms with van der Waals surface area (Å²) in [6.45, 7) is 3.30. The zero-order chi connectivity index (χ0) is 15.9. The van der Waals surface area contributed by atoms with Crippen LogP contribution in [0.2, 0.25) is 0 Å². The minimum absolute atomic E-state index is 0.102. The SMILES string of the molecule is CCCCc1ccc(CC(=O)N2CCC(C(=O)O)CC2)cc1. The van der Waals surface area contributed by atoms with Gasteiger partial charge in [-0.3, -0.25) is 9.59 Å². The smallest absolute Gasteiger partial charge is 0.306 e. The Balaban J connectivity index is 1.83. The van der Waals surface area contributed by atoms with E-state index in [4.69, 9.17) is 5.11 Å². The molecule has 0 aliphatic carbocycles. The Morgan fingerprint density at radius 2 is 1.73 bits per heavy atom. The highest BCUT2D eigenvalue weighted by Gasteiger charge is 2.26. The molecule has 1 heterocycles. The fourth-order valence-corrected chi connectivity index (χ4v) is 2.87. The van der Waals surface area contributed by atoms with Crippen molar-refractivity contribution < 1.29 is 14.7 Å². The van der Waals surface area contributed by atoms with Crippen molar-refractivity contribution in [2.24, 2.45) is 5.92 Å². The van der Waals surface area contributed by atoms with Gasteiger partial charge < -0.3 is 10.0 Å². The van der Waals surface area contributed by atoms with Gasteiger partial charge in [0.15, 0.2) is 0 Å². The molecule has 0 atom stereocenters. The summed E-state index contributed by atoms with van der Waals surface area (Å²) in [7, 11) is 0. The first kappa shape index (κ1) is 16.5. The lowest BCUT2D eigenvalue weighted by Crippen LogP contribution is -2.40. The molecule has 0 aromatic heterocycles. The highest BCUT2D eigenvalue weighted by molar-refractivity contribution is 5.79. The predicted octanol–water partition coefficient (Wildman–Crippen LogP) is 2.89. The second kappa shape index (κ2) is 7.97. The highest BCUT2D eigenvalue weighted by atomic mass is 16.4. The highest BCUT2D eigenvalue weighted by Crippen LogP contribution is 2.18. The van der Waals surface area contributed by atoms with Crippen LogP contribution in [0.5, 0.6) is 0 Å². The third-order valence-corrected chi connectivity index (χ3v) is 4.39. The quantitative estimate of drug-likeness (QED) is 0.879. The number of piperidine rings is 1. The predicted molar refractivity (Wildman–Crippen MR) is 85.7 cm³/mol. The fourth-order valence-electron chi connectivity index (χ4n) is 2.87. The Morgan fingerprint density at radius 3 is 2.27 bits per heavy atom. The molecule has 4 heteroatoms. The van der Waals surface area contributed by atoms with E-state index in [-0.39, 0.29) is 11.8 Å². The Labute approximate surface area is 132 Å². The monoisotopic (exact) mass is 303 g/mol. The first-order valence-electron chi connectivity index (χ1n) is 8.18. The standard InChI is InChI=1S/C18H25NO3/c1-2-3-4-14-5-7-15(8-6-14)13-17(20)19-11-9-16(10-12-19)18(21)22/h5-8,16H,2-4,9-13H2,1H3,(H,21,22). The number of hydrogen-bond donors (Lipinski definition) is 1. The van der Waals surface area contributed by atoms with Crippen LogP contribution in [0.1, 0.15) is 43.7 Å². The third-order valence-electron chi connectivity index (χ3n) is 4.39. The molecule has 1 N–H and O–H groups in total. The number of rotatable bonds is 6. The summed E-state index contributed by atoms with van der Waals surface area (Å²) in [6, 6.07) is 8.28. The van der Waals surface area contributed by atoms with Crippen LogP contribution in [0.4, 0.5) is 0 Å². The zero-order valence-electron chi connectivity index (χ0n) is 13.3. The van der Waals surface area contributed by atoms with E-state index in [0.717, 1.165) is 12.0 Å². The number of carbonyl (C=O) groups excluding carboxylic acids is 1. The number of aryl methyl sites for hydroxylation is 1. The molecular formula is C18H25NO3. The van der Waals surface area contributed by atoms with Crippen molar-refractivity contribution in [1.29, 1.82) is 0 Å². The van der Waals surface area contributed by atoms with Crippen molar-refractivity contribution in [3.8, 4) is 0 Å². The van der Waals surface area contributed by atoms with Crippen molar-refractivity contribution in [3.05, 3.63) is 35.4 Å². The maximum atomic E-state index is 12.3. The summed E-state index contributed by atoms with van der Waals surface area (Å²) in [4.78, 5) is 25.0. The normalized spacial score (nSPS) is 15.8. The molecule has 1 amide bonds. The number of amides is 1. The number of carbonyl (C=O) groups is 2. The second-order valence-corrected chi connectivity index (χ2v) is 6.09. The number of benzene rings is 1. The van der Waals surface area contributed by atoms with E-state index in [0.29, 0.717) is 32.4 Å². The Kier molecular flexibility index (Phi) is 5.99. The lowest BCUT2D eigenvalue weighted by atomic mass is 9.96. The van der Waals surface area contributed by atoms with Crippen molar-refractivity contribution >= 4 is 11.9 Å². The molecule has 0 spiro atoms. The second-order valence-electron chi connectivity index (χ2n) is 6.09. The minimum Gasteiger partial charge on any atom is -0.481 e. The van der Waals surface area contributed by atoms with Crippen molar-refractivity contribution in [2.75, 3.05) is 13.1 Å². The van der Waals surface area contributed by atoms with Gasteiger partial charge in [-0.05, 0) is 36.8 Å². The number of carboxylic acid groups (broad SMARTS) is 1. The fraction of sp³-hybridized carbons (Fsp3) is 0.556. The number of likely N-dealkylation sites (tertiary alicyclic amines) is 1. The van der Waals surface area contributed by atoms with E-state index in [1.54, 1.807) is 4.90 Å². The Bertz CT molecular complexity index is 502. The van der Waals surface area contributed by atoms with Gasteiger partial charge in [-0.25, -0.2) is 0 Å². The molecule has 0 radical (unpaired) electrons.